The average Bonchev–Trinajstić information content (AvgIpc) is 2.31. The summed E-state index contributed by atoms with van der Waals surface area (Å²) in [6.45, 7) is 5.33. The van der Waals surface area contributed by atoms with Crippen LogP contribution in [0.1, 0.15) is 20.3 Å². The second-order valence-electron chi connectivity index (χ2n) is 2.26. The molecule has 0 aromatic carbocycles. The molecule has 0 radical (unpaired) electrons. The van der Waals surface area contributed by atoms with Gasteiger partial charge in [0.1, 0.15) is 6.61 Å². The van der Waals surface area contributed by atoms with E-state index in [1.54, 1.807) is 0 Å². The van der Waals surface area contributed by atoms with Crippen LogP contribution in [0.5, 0.6) is 0 Å². The van der Waals surface area contributed by atoms with Gasteiger partial charge in [-0.25, -0.2) is 0 Å². The topological polar surface area (TPSA) is 30.8 Å². The molecule has 3 heteroatoms. The first-order valence-corrected chi connectivity index (χ1v) is 3.65. The summed E-state index contributed by atoms with van der Waals surface area (Å²) < 4.78 is 5.25. The molecule has 0 aromatic heterocycles. The Kier molecular flexibility index (Phi) is 2.68. The summed E-state index contributed by atoms with van der Waals surface area (Å²) in [5.74, 6) is 0. The molecule has 1 rings (SSSR count). The molecule has 1 atom stereocenters. The highest BCUT2D eigenvalue weighted by Gasteiger charge is 2.18. The van der Waals surface area contributed by atoms with E-state index >= 15 is 0 Å². The highest BCUT2D eigenvalue weighted by atomic mass is 16.6. The smallest absolute Gasteiger partial charge is 0.114 e. The Bertz CT molecular complexity index is 134. The summed E-state index contributed by atoms with van der Waals surface area (Å²) in [4.78, 5) is 4.90. The van der Waals surface area contributed by atoms with E-state index in [4.69, 9.17) is 9.57 Å². The minimum Gasteiger partial charge on any atom is -0.396 e. The maximum Gasteiger partial charge on any atom is 0.114 e. The normalized spacial score (nSPS) is 29.4. The number of oxime groups is 1. The van der Waals surface area contributed by atoms with E-state index in [0.717, 1.165) is 18.7 Å². The quantitative estimate of drug-likeness (QED) is 0.543. The van der Waals surface area contributed by atoms with Gasteiger partial charge in [-0.15, -0.1) is 0 Å². The van der Waals surface area contributed by atoms with Crippen LogP contribution in [-0.4, -0.2) is 25.0 Å². The Balaban J connectivity index is 2.38. The van der Waals surface area contributed by atoms with Crippen molar-refractivity contribution in [2.75, 3.05) is 13.2 Å². The van der Waals surface area contributed by atoms with Gasteiger partial charge in [0.05, 0.1) is 18.4 Å². The zero-order chi connectivity index (χ0) is 7.40. The Morgan fingerprint density at radius 1 is 1.80 bits per heavy atom. The molecule has 0 bridgehead atoms. The third-order valence-electron chi connectivity index (χ3n) is 1.51. The Morgan fingerprint density at radius 2 is 2.60 bits per heavy atom. The van der Waals surface area contributed by atoms with E-state index < -0.39 is 0 Å². The number of rotatable bonds is 2. The van der Waals surface area contributed by atoms with Crippen molar-refractivity contribution in [3.63, 3.8) is 0 Å². The fourth-order valence-electron chi connectivity index (χ4n) is 0.907. The van der Waals surface area contributed by atoms with E-state index in [9.17, 15) is 0 Å². The first kappa shape index (κ1) is 7.54. The van der Waals surface area contributed by atoms with Crippen LogP contribution in [0.25, 0.3) is 0 Å². The van der Waals surface area contributed by atoms with Crippen LogP contribution in [0.3, 0.4) is 0 Å². The van der Waals surface area contributed by atoms with Gasteiger partial charge in [-0.2, -0.15) is 0 Å². The molecule has 58 valence electrons. The molecule has 1 heterocycles. The second kappa shape index (κ2) is 3.56. The molecule has 3 nitrogen and oxygen atoms in total. The molecule has 1 saturated heterocycles. The number of hydrogen-bond donors (Lipinski definition) is 0. The van der Waals surface area contributed by atoms with Gasteiger partial charge in [0.25, 0.3) is 0 Å². The van der Waals surface area contributed by atoms with Crippen LogP contribution in [0.4, 0.5) is 0 Å². The third-order valence-corrected chi connectivity index (χ3v) is 1.51. The van der Waals surface area contributed by atoms with E-state index in [1.165, 1.54) is 0 Å². The fraction of sp³-hybridized carbons (Fsp3) is 0.857. The minimum atomic E-state index is 0.159. The number of ether oxygens (including phenoxy) is 1. The molecule has 1 fully saturated rings. The van der Waals surface area contributed by atoms with Crippen LogP contribution in [0, 0.1) is 0 Å². The molecule has 0 aromatic rings. The highest BCUT2D eigenvalue weighted by molar-refractivity contribution is 5.89. The van der Waals surface area contributed by atoms with Crippen molar-refractivity contribution in [1.82, 2.24) is 0 Å². The molecule has 0 N–H and O–H groups in total. The highest BCUT2D eigenvalue weighted by Crippen LogP contribution is 2.08. The fourth-order valence-corrected chi connectivity index (χ4v) is 0.907. The summed E-state index contributed by atoms with van der Waals surface area (Å²) in [5, 5.41) is 3.91. The van der Waals surface area contributed by atoms with Gasteiger partial charge < -0.3 is 9.57 Å². The molecule has 10 heavy (non-hydrogen) atoms. The largest absolute Gasteiger partial charge is 0.396 e. The van der Waals surface area contributed by atoms with Crippen molar-refractivity contribution in [2.45, 2.75) is 26.4 Å². The SMILES string of the molecule is CCO/N=C1/CCOC1C. The lowest BCUT2D eigenvalue weighted by atomic mass is 10.2. The zero-order valence-corrected chi connectivity index (χ0v) is 6.46. The van der Waals surface area contributed by atoms with Crippen LogP contribution in [-0.2, 0) is 9.57 Å². The monoisotopic (exact) mass is 143 g/mol. The van der Waals surface area contributed by atoms with Crippen molar-refractivity contribution in [3.8, 4) is 0 Å². The molecule has 0 spiro atoms. The van der Waals surface area contributed by atoms with Gasteiger partial charge in [0.2, 0.25) is 0 Å². The van der Waals surface area contributed by atoms with Gasteiger partial charge >= 0.3 is 0 Å². The van der Waals surface area contributed by atoms with E-state index in [1.807, 2.05) is 13.8 Å². The maximum atomic E-state index is 5.25. The van der Waals surface area contributed by atoms with Crippen molar-refractivity contribution >= 4 is 5.71 Å². The van der Waals surface area contributed by atoms with Crippen LogP contribution >= 0.6 is 0 Å². The van der Waals surface area contributed by atoms with Crippen molar-refractivity contribution in [3.05, 3.63) is 0 Å². The van der Waals surface area contributed by atoms with Gasteiger partial charge in [0.15, 0.2) is 0 Å². The predicted octanol–water partition coefficient (Wildman–Crippen LogP) is 1.19. The summed E-state index contributed by atoms with van der Waals surface area (Å²) in [7, 11) is 0. The van der Waals surface area contributed by atoms with Crippen molar-refractivity contribution in [2.24, 2.45) is 5.16 Å². The Hall–Kier alpha value is -0.570. The van der Waals surface area contributed by atoms with Crippen LogP contribution < -0.4 is 0 Å². The Morgan fingerprint density at radius 3 is 3.10 bits per heavy atom. The number of nitrogens with zero attached hydrogens (tertiary/aromatic N) is 1. The van der Waals surface area contributed by atoms with Crippen LogP contribution in [0.15, 0.2) is 5.16 Å². The Labute approximate surface area is 61.0 Å². The summed E-state index contributed by atoms with van der Waals surface area (Å²) >= 11 is 0. The molecule has 0 aliphatic carbocycles. The first-order valence-electron chi connectivity index (χ1n) is 3.65. The third kappa shape index (κ3) is 1.70. The molecule has 0 saturated carbocycles. The molecular formula is C7H13NO2. The number of hydrogen-bond acceptors (Lipinski definition) is 3. The van der Waals surface area contributed by atoms with E-state index in [-0.39, 0.29) is 6.10 Å². The van der Waals surface area contributed by atoms with Gasteiger partial charge in [-0.1, -0.05) is 5.16 Å². The lowest BCUT2D eigenvalue weighted by molar-refractivity contribution is 0.136. The summed E-state index contributed by atoms with van der Waals surface area (Å²) in [6, 6.07) is 0. The average molecular weight is 143 g/mol. The standard InChI is InChI=1S/C7H13NO2/c1-3-10-8-7-4-5-9-6(7)2/h6H,3-5H2,1-2H3/b8-7-. The minimum absolute atomic E-state index is 0.159. The molecule has 1 aliphatic heterocycles. The molecule has 0 amide bonds. The second-order valence-corrected chi connectivity index (χ2v) is 2.26. The van der Waals surface area contributed by atoms with Gasteiger partial charge in [-0.3, -0.25) is 0 Å². The molecule has 1 unspecified atom stereocenters. The zero-order valence-electron chi connectivity index (χ0n) is 6.46. The van der Waals surface area contributed by atoms with Crippen LogP contribution in [0.2, 0.25) is 0 Å². The lowest BCUT2D eigenvalue weighted by Gasteiger charge is -2.00. The summed E-state index contributed by atoms with van der Waals surface area (Å²) in [6.07, 6.45) is 1.08. The first-order chi connectivity index (χ1) is 4.84. The van der Waals surface area contributed by atoms with E-state index in [2.05, 4.69) is 5.16 Å². The van der Waals surface area contributed by atoms with Crippen molar-refractivity contribution < 1.29 is 9.57 Å². The summed E-state index contributed by atoms with van der Waals surface area (Å²) in [5.41, 5.74) is 1.03. The molecule has 1 aliphatic rings. The molecular weight excluding hydrogens is 130 g/mol. The predicted molar refractivity (Wildman–Crippen MR) is 39.1 cm³/mol. The van der Waals surface area contributed by atoms with Gasteiger partial charge in [0, 0.05) is 6.42 Å². The van der Waals surface area contributed by atoms with E-state index in [0.29, 0.717) is 6.61 Å². The van der Waals surface area contributed by atoms with Gasteiger partial charge in [-0.05, 0) is 13.8 Å². The van der Waals surface area contributed by atoms with Crippen molar-refractivity contribution in [1.29, 1.82) is 0 Å². The lowest BCUT2D eigenvalue weighted by Crippen LogP contribution is -2.10. The maximum absolute atomic E-state index is 5.25.